The van der Waals surface area contributed by atoms with E-state index in [0.29, 0.717) is 37.3 Å². The van der Waals surface area contributed by atoms with E-state index in [1.54, 1.807) is 14.2 Å². The topological polar surface area (TPSA) is 60.5 Å². The van der Waals surface area contributed by atoms with Crippen LogP contribution in [-0.4, -0.2) is 62.8 Å². The van der Waals surface area contributed by atoms with E-state index in [9.17, 15) is 4.79 Å². The molecule has 0 saturated carbocycles. The minimum atomic E-state index is -0.662. The summed E-state index contributed by atoms with van der Waals surface area (Å²) in [4.78, 5) is 24.6. The van der Waals surface area contributed by atoms with Crippen LogP contribution in [0.3, 0.4) is 0 Å². The number of nitrogens with zero attached hydrogens (tertiary/aromatic N) is 2. The van der Waals surface area contributed by atoms with Crippen molar-refractivity contribution in [3.05, 3.63) is 40.6 Å². The van der Waals surface area contributed by atoms with Gasteiger partial charge in [0, 0.05) is 20.2 Å². The Labute approximate surface area is 160 Å². The quantitative estimate of drug-likeness (QED) is 0.711. The zero-order valence-corrected chi connectivity index (χ0v) is 16.7. The maximum Gasteiger partial charge on any atom is 0.282 e. The Bertz CT molecular complexity index is 738. The van der Waals surface area contributed by atoms with Crippen LogP contribution < -0.4 is 0 Å². The van der Waals surface area contributed by atoms with E-state index in [2.05, 4.69) is 0 Å². The van der Waals surface area contributed by atoms with Crippen molar-refractivity contribution in [1.29, 1.82) is 0 Å². The molecule has 0 aromatic heterocycles. The molecule has 1 amide bonds. The molecule has 2 aliphatic heterocycles. The molecule has 2 aliphatic rings. The molecule has 1 spiro atoms. The number of hydroxylamine groups is 4. The van der Waals surface area contributed by atoms with E-state index in [-0.39, 0.29) is 12.7 Å². The number of hydrogen-bond donors (Lipinski definition) is 0. The summed E-state index contributed by atoms with van der Waals surface area (Å²) in [6.45, 7) is 5.36. The molecule has 0 radical (unpaired) electrons. The molecule has 1 aromatic carbocycles. The van der Waals surface area contributed by atoms with Crippen molar-refractivity contribution in [2.45, 2.75) is 32.2 Å². The van der Waals surface area contributed by atoms with Crippen LogP contribution in [-0.2, 0) is 23.9 Å². The highest BCUT2D eigenvalue weighted by atomic mass is 16.8. The zero-order valence-electron chi connectivity index (χ0n) is 16.7. The first-order valence-electron chi connectivity index (χ1n) is 9.10. The first kappa shape index (κ1) is 19.8. The number of piperidine rings is 1. The Balaban J connectivity index is 2.11. The van der Waals surface area contributed by atoms with Crippen molar-refractivity contribution in [1.82, 2.24) is 10.1 Å². The Morgan fingerprint density at radius 1 is 1.11 bits per heavy atom. The van der Waals surface area contributed by atoms with Crippen LogP contribution in [0.4, 0.5) is 0 Å². The van der Waals surface area contributed by atoms with E-state index < -0.39 is 5.54 Å². The molecule has 1 fully saturated rings. The van der Waals surface area contributed by atoms with Crippen molar-refractivity contribution in [2.24, 2.45) is 0 Å². The second-order valence-electron chi connectivity index (χ2n) is 7.00. The molecule has 148 valence electrons. The molecule has 0 bridgehead atoms. The number of ether oxygens (including phenoxy) is 2. The Morgan fingerprint density at radius 2 is 1.81 bits per heavy atom. The van der Waals surface area contributed by atoms with E-state index in [0.717, 1.165) is 16.7 Å². The van der Waals surface area contributed by atoms with Gasteiger partial charge < -0.3 is 14.3 Å². The van der Waals surface area contributed by atoms with E-state index >= 15 is 0 Å². The second kappa shape index (κ2) is 7.98. The molecular formula is C20H28N2O5. The fraction of sp³-hybridized carbons (Fsp3) is 0.550. The number of rotatable bonds is 6. The highest BCUT2D eigenvalue weighted by Gasteiger charge is 2.56. The molecule has 3 rings (SSSR count). The molecule has 0 aliphatic carbocycles. The van der Waals surface area contributed by atoms with E-state index in [4.69, 9.17) is 19.1 Å². The van der Waals surface area contributed by atoms with Crippen molar-refractivity contribution in [3.8, 4) is 0 Å². The Kier molecular flexibility index (Phi) is 5.86. The summed E-state index contributed by atoms with van der Waals surface area (Å²) >= 11 is 0. The van der Waals surface area contributed by atoms with Gasteiger partial charge in [0.2, 0.25) is 0 Å². The molecule has 1 aromatic rings. The van der Waals surface area contributed by atoms with Gasteiger partial charge in [-0.25, -0.2) is 9.90 Å². The number of amides is 1. The standard InChI is InChI=1S/C20H28N2O5/c1-14-6-7-15(2)16(12-14)17-18(25-4)20(8-10-21(26-5)11-9-20)22(19(17)23)27-13-24-3/h6-7,12H,8-11,13H2,1-5H3. The monoisotopic (exact) mass is 376 g/mol. The molecule has 0 N–H and O–H groups in total. The predicted molar refractivity (Wildman–Crippen MR) is 100 cm³/mol. The minimum Gasteiger partial charge on any atom is -0.498 e. The number of hydrogen-bond acceptors (Lipinski definition) is 6. The van der Waals surface area contributed by atoms with Gasteiger partial charge in [-0.05, 0) is 37.8 Å². The predicted octanol–water partition coefficient (Wildman–Crippen LogP) is 2.43. The molecule has 2 heterocycles. The van der Waals surface area contributed by atoms with Gasteiger partial charge in [-0.3, -0.25) is 4.79 Å². The number of aryl methyl sites for hydroxylation is 2. The summed E-state index contributed by atoms with van der Waals surface area (Å²) in [5.41, 5.74) is 2.90. The lowest BCUT2D eigenvalue weighted by atomic mass is 9.85. The van der Waals surface area contributed by atoms with Gasteiger partial charge >= 0.3 is 0 Å². The maximum atomic E-state index is 13.4. The van der Waals surface area contributed by atoms with Crippen LogP contribution in [0.2, 0.25) is 0 Å². The average molecular weight is 376 g/mol. The highest BCUT2D eigenvalue weighted by Crippen LogP contribution is 2.47. The number of benzene rings is 1. The van der Waals surface area contributed by atoms with Gasteiger partial charge in [-0.15, -0.1) is 0 Å². The molecule has 27 heavy (non-hydrogen) atoms. The van der Waals surface area contributed by atoms with Crippen LogP contribution in [0.25, 0.3) is 5.57 Å². The second-order valence-corrected chi connectivity index (χ2v) is 7.00. The Morgan fingerprint density at radius 3 is 2.41 bits per heavy atom. The van der Waals surface area contributed by atoms with Crippen molar-refractivity contribution >= 4 is 11.5 Å². The third-order valence-corrected chi connectivity index (χ3v) is 5.41. The highest BCUT2D eigenvalue weighted by molar-refractivity contribution is 6.23. The first-order chi connectivity index (χ1) is 13.0. The summed E-state index contributed by atoms with van der Waals surface area (Å²) < 4.78 is 10.9. The summed E-state index contributed by atoms with van der Waals surface area (Å²) in [5, 5.41) is 3.34. The molecular weight excluding hydrogens is 348 g/mol. The summed E-state index contributed by atoms with van der Waals surface area (Å²) in [6.07, 6.45) is 1.29. The zero-order chi connectivity index (χ0) is 19.6. The average Bonchev–Trinajstić information content (AvgIpc) is 2.90. The van der Waals surface area contributed by atoms with E-state index in [1.807, 2.05) is 37.1 Å². The Hall–Kier alpha value is -1.93. The van der Waals surface area contributed by atoms with Crippen LogP contribution in [0.15, 0.2) is 24.0 Å². The fourth-order valence-electron chi connectivity index (χ4n) is 4.01. The van der Waals surface area contributed by atoms with Crippen molar-refractivity contribution in [2.75, 3.05) is 41.2 Å². The molecule has 7 heteroatoms. The SMILES string of the molecule is COCON1C(=O)C(c2cc(C)ccc2C)=C(OC)C12CCN(OC)CC2. The van der Waals surface area contributed by atoms with Gasteiger partial charge in [0.15, 0.2) is 6.79 Å². The number of carbonyl (C=O) groups is 1. The summed E-state index contributed by atoms with van der Waals surface area (Å²) in [6, 6.07) is 6.09. The fourth-order valence-corrected chi connectivity index (χ4v) is 4.01. The normalized spacial score (nSPS) is 20.0. The number of carbonyl (C=O) groups excluding carboxylic acids is 1. The van der Waals surface area contributed by atoms with Gasteiger partial charge in [-0.2, -0.15) is 5.06 Å². The molecule has 0 atom stereocenters. The molecule has 7 nitrogen and oxygen atoms in total. The lowest BCUT2D eigenvalue weighted by molar-refractivity contribution is -0.260. The van der Waals surface area contributed by atoms with Crippen molar-refractivity contribution in [3.63, 3.8) is 0 Å². The maximum absolute atomic E-state index is 13.4. The van der Waals surface area contributed by atoms with Crippen molar-refractivity contribution < 1.29 is 23.9 Å². The third kappa shape index (κ3) is 3.36. The summed E-state index contributed by atoms with van der Waals surface area (Å²) in [5.74, 6) is 0.469. The first-order valence-corrected chi connectivity index (χ1v) is 9.10. The van der Waals surface area contributed by atoms with Gasteiger partial charge in [-0.1, -0.05) is 23.8 Å². The van der Waals surface area contributed by atoms with E-state index in [1.165, 1.54) is 12.2 Å². The van der Waals surface area contributed by atoms with Crippen LogP contribution in [0.1, 0.15) is 29.5 Å². The van der Waals surface area contributed by atoms with Gasteiger partial charge in [0.05, 0.1) is 19.8 Å². The van der Waals surface area contributed by atoms with Crippen LogP contribution in [0, 0.1) is 13.8 Å². The lowest BCUT2D eigenvalue weighted by Crippen LogP contribution is -2.55. The largest absolute Gasteiger partial charge is 0.498 e. The molecule has 0 unspecified atom stereocenters. The van der Waals surface area contributed by atoms with Gasteiger partial charge in [0.25, 0.3) is 5.91 Å². The van der Waals surface area contributed by atoms with Gasteiger partial charge in [0.1, 0.15) is 11.3 Å². The van der Waals surface area contributed by atoms with Crippen LogP contribution in [0.5, 0.6) is 0 Å². The summed E-state index contributed by atoms with van der Waals surface area (Å²) in [7, 11) is 4.82. The number of methoxy groups -OCH3 is 2. The minimum absolute atomic E-state index is 0.00143. The van der Waals surface area contributed by atoms with Crippen LogP contribution >= 0.6 is 0 Å². The molecule has 1 saturated heterocycles. The smallest absolute Gasteiger partial charge is 0.282 e. The third-order valence-electron chi connectivity index (χ3n) is 5.41. The lowest BCUT2D eigenvalue weighted by Gasteiger charge is -2.43.